The molecule has 0 aliphatic heterocycles. The highest BCUT2D eigenvalue weighted by Gasteiger charge is 2.20. The molecule has 0 aliphatic carbocycles. The van der Waals surface area contributed by atoms with Crippen molar-refractivity contribution in [1.82, 2.24) is 0 Å². The van der Waals surface area contributed by atoms with Crippen LogP contribution in [-0.2, 0) is 10.0 Å². The van der Waals surface area contributed by atoms with E-state index in [0.29, 0.717) is 17.1 Å². The number of anilines is 1. The smallest absolute Gasteiger partial charge is 0.264 e. The molecule has 3 aromatic carbocycles. The highest BCUT2D eigenvalue weighted by molar-refractivity contribution is 9.10. The summed E-state index contributed by atoms with van der Waals surface area (Å²) in [6.45, 7) is 0. The number of hydrogen-bond donors (Lipinski definition) is 1. The monoisotopic (exact) mass is 397 g/mol. The van der Waals surface area contributed by atoms with E-state index < -0.39 is 26.6 Å². The summed E-state index contributed by atoms with van der Waals surface area (Å²) in [6, 6.07) is 12.8. The maximum absolute atomic E-state index is 13.8. The Kier molecular flexibility index (Phi) is 4.08. The molecule has 0 heterocycles. The van der Waals surface area contributed by atoms with E-state index in [4.69, 9.17) is 0 Å². The Balaban J connectivity index is 2.10. The van der Waals surface area contributed by atoms with Crippen LogP contribution in [0.3, 0.4) is 0 Å². The third-order valence-corrected chi connectivity index (χ3v) is 5.39. The first-order chi connectivity index (χ1) is 10.9. The molecule has 3 rings (SSSR count). The van der Waals surface area contributed by atoms with Gasteiger partial charge in [0.1, 0.15) is 16.5 Å². The molecule has 3 nitrogen and oxygen atoms in total. The Morgan fingerprint density at radius 2 is 1.61 bits per heavy atom. The highest BCUT2D eigenvalue weighted by atomic mass is 79.9. The van der Waals surface area contributed by atoms with Crippen LogP contribution < -0.4 is 4.72 Å². The van der Waals surface area contributed by atoms with Crippen LogP contribution in [0.4, 0.5) is 14.5 Å². The SMILES string of the molecule is O=S(=O)(Nc1ccc(Br)c2ccccc12)c1ccc(F)cc1F. The first-order valence-electron chi connectivity index (χ1n) is 6.53. The lowest BCUT2D eigenvalue weighted by molar-refractivity contribution is 0.551. The molecule has 0 spiro atoms. The lowest BCUT2D eigenvalue weighted by Gasteiger charge is -2.12. The molecule has 118 valence electrons. The second-order valence-corrected chi connectivity index (χ2v) is 7.33. The van der Waals surface area contributed by atoms with Gasteiger partial charge in [-0.2, -0.15) is 0 Å². The number of benzene rings is 3. The number of hydrogen-bond acceptors (Lipinski definition) is 2. The molecule has 0 atom stereocenters. The predicted octanol–water partition coefficient (Wildman–Crippen LogP) is 4.68. The third kappa shape index (κ3) is 3.07. The summed E-state index contributed by atoms with van der Waals surface area (Å²) in [4.78, 5) is -0.606. The van der Waals surface area contributed by atoms with Crippen molar-refractivity contribution in [2.45, 2.75) is 4.90 Å². The van der Waals surface area contributed by atoms with Gasteiger partial charge in [-0.25, -0.2) is 17.2 Å². The maximum atomic E-state index is 13.8. The predicted molar refractivity (Wildman–Crippen MR) is 88.8 cm³/mol. The quantitative estimate of drug-likeness (QED) is 0.697. The largest absolute Gasteiger partial charge is 0.279 e. The van der Waals surface area contributed by atoms with Crippen LogP contribution in [0.5, 0.6) is 0 Å². The molecule has 1 N–H and O–H groups in total. The lowest BCUT2D eigenvalue weighted by Crippen LogP contribution is -2.15. The number of rotatable bonds is 3. The summed E-state index contributed by atoms with van der Waals surface area (Å²) >= 11 is 3.40. The molecule has 0 saturated heterocycles. The van der Waals surface area contributed by atoms with Crippen molar-refractivity contribution in [3.8, 4) is 0 Å². The molecule has 0 radical (unpaired) electrons. The van der Waals surface area contributed by atoms with E-state index >= 15 is 0 Å². The van der Waals surface area contributed by atoms with Gasteiger partial charge in [-0.1, -0.05) is 40.2 Å². The van der Waals surface area contributed by atoms with Crippen LogP contribution in [0.15, 0.2) is 64.0 Å². The van der Waals surface area contributed by atoms with Crippen LogP contribution >= 0.6 is 15.9 Å². The normalized spacial score (nSPS) is 11.6. The second-order valence-electron chi connectivity index (χ2n) is 4.82. The van der Waals surface area contributed by atoms with Crippen molar-refractivity contribution in [3.63, 3.8) is 0 Å². The minimum Gasteiger partial charge on any atom is -0.279 e. The molecular formula is C16H10BrF2NO2S. The van der Waals surface area contributed by atoms with Crippen LogP contribution in [0, 0.1) is 11.6 Å². The van der Waals surface area contributed by atoms with E-state index in [2.05, 4.69) is 20.7 Å². The number of fused-ring (bicyclic) bond motifs is 1. The minimum absolute atomic E-state index is 0.313. The third-order valence-electron chi connectivity index (χ3n) is 3.30. The van der Waals surface area contributed by atoms with Crippen LogP contribution in [0.2, 0.25) is 0 Å². The van der Waals surface area contributed by atoms with Crippen molar-refractivity contribution in [3.05, 3.63) is 70.7 Å². The maximum Gasteiger partial charge on any atom is 0.264 e. The average Bonchev–Trinajstić information content (AvgIpc) is 2.50. The van der Waals surface area contributed by atoms with Crippen molar-refractivity contribution >= 4 is 42.4 Å². The van der Waals surface area contributed by atoms with E-state index in [1.165, 1.54) is 0 Å². The fourth-order valence-electron chi connectivity index (χ4n) is 2.24. The lowest BCUT2D eigenvalue weighted by atomic mass is 10.1. The highest BCUT2D eigenvalue weighted by Crippen LogP contribution is 2.31. The van der Waals surface area contributed by atoms with Crippen molar-refractivity contribution in [2.75, 3.05) is 4.72 Å². The number of halogens is 3. The zero-order chi connectivity index (χ0) is 16.6. The van der Waals surface area contributed by atoms with Gasteiger partial charge in [-0.3, -0.25) is 4.72 Å². The summed E-state index contributed by atoms with van der Waals surface area (Å²) in [5, 5.41) is 1.47. The molecular weight excluding hydrogens is 388 g/mol. The van der Waals surface area contributed by atoms with Gasteiger partial charge < -0.3 is 0 Å². The van der Waals surface area contributed by atoms with E-state index in [1.807, 2.05) is 12.1 Å². The Morgan fingerprint density at radius 1 is 0.913 bits per heavy atom. The first-order valence-corrected chi connectivity index (χ1v) is 8.81. The Labute approximate surface area is 140 Å². The van der Waals surface area contributed by atoms with E-state index in [1.54, 1.807) is 24.3 Å². The molecule has 0 bridgehead atoms. The van der Waals surface area contributed by atoms with Crippen molar-refractivity contribution < 1.29 is 17.2 Å². The van der Waals surface area contributed by atoms with Gasteiger partial charge in [-0.05, 0) is 29.7 Å². The van der Waals surface area contributed by atoms with Gasteiger partial charge in [0, 0.05) is 15.9 Å². The van der Waals surface area contributed by atoms with Crippen LogP contribution in [0.1, 0.15) is 0 Å². The van der Waals surface area contributed by atoms with Gasteiger partial charge in [0.15, 0.2) is 0 Å². The summed E-state index contributed by atoms with van der Waals surface area (Å²) in [5.41, 5.74) is 0.313. The van der Waals surface area contributed by atoms with Crippen LogP contribution in [0.25, 0.3) is 10.8 Å². The van der Waals surface area contributed by atoms with E-state index in [-0.39, 0.29) is 0 Å². The van der Waals surface area contributed by atoms with Gasteiger partial charge in [0.2, 0.25) is 0 Å². The molecule has 0 saturated carbocycles. The molecule has 0 aromatic heterocycles. The molecule has 0 fully saturated rings. The fraction of sp³-hybridized carbons (Fsp3) is 0. The fourth-order valence-corrected chi connectivity index (χ4v) is 3.86. The van der Waals surface area contributed by atoms with E-state index in [0.717, 1.165) is 22.0 Å². The second kappa shape index (κ2) is 5.90. The summed E-state index contributed by atoms with van der Waals surface area (Å²) in [7, 11) is -4.17. The topological polar surface area (TPSA) is 46.2 Å². The molecule has 3 aromatic rings. The zero-order valence-corrected chi connectivity index (χ0v) is 14.0. The van der Waals surface area contributed by atoms with Gasteiger partial charge in [-0.15, -0.1) is 0 Å². The molecule has 7 heteroatoms. The Bertz CT molecular complexity index is 1010. The molecule has 0 aliphatic rings. The average molecular weight is 398 g/mol. The summed E-state index contributed by atoms with van der Waals surface area (Å²) in [6.07, 6.45) is 0. The van der Waals surface area contributed by atoms with Crippen molar-refractivity contribution in [2.24, 2.45) is 0 Å². The molecule has 0 unspecified atom stereocenters. The van der Waals surface area contributed by atoms with Gasteiger partial charge in [0.05, 0.1) is 5.69 Å². The van der Waals surface area contributed by atoms with Crippen LogP contribution in [-0.4, -0.2) is 8.42 Å². The van der Waals surface area contributed by atoms with Gasteiger partial charge >= 0.3 is 0 Å². The zero-order valence-electron chi connectivity index (χ0n) is 11.6. The number of sulfonamides is 1. The van der Waals surface area contributed by atoms with Gasteiger partial charge in [0.25, 0.3) is 10.0 Å². The first kappa shape index (κ1) is 15.9. The number of nitrogens with one attached hydrogen (secondary N) is 1. The minimum atomic E-state index is -4.17. The molecule has 0 amide bonds. The van der Waals surface area contributed by atoms with E-state index in [9.17, 15) is 17.2 Å². The van der Waals surface area contributed by atoms with Crippen molar-refractivity contribution in [1.29, 1.82) is 0 Å². The standard InChI is InChI=1S/C16H10BrF2NO2S/c17-13-6-7-15(12-4-2-1-3-11(12)13)20-23(21,22)16-8-5-10(18)9-14(16)19/h1-9,20H. The Hall–Kier alpha value is -1.99. The summed E-state index contributed by atoms with van der Waals surface area (Å²) in [5.74, 6) is -1.98. The Morgan fingerprint density at radius 3 is 2.30 bits per heavy atom. The molecule has 23 heavy (non-hydrogen) atoms. The summed E-state index contributed by atoms with van der Waals surface area (Å²) < 4.78 is 54.6.